The Kier molecular flexibility index (Phi) is 21.9. The van der Waals surface area contributed by atoms with Crippen LogP contribution in [0.4, 0.5) is 0 Å². The Labute approximate surface area is 273 Å². The van der Waals surface area contributed by atoms with Crippen molar-refractivity contribution in [2.75, 3.05) is 130 Å². The van der Waals surface area contributed by atoms with Crippen molar-refractivity contribution in [1.29, 1.82) is 5.26 Å². The summed E-state index contributed by atoms with van der Waals surface area (Å²) < 4.78 is 16.7. The van der Waals surface area contributed by atoms with E-state index in [-0.39, 0.29) is 11.4 Å². The second-order valence-corrected chi connectivity index (χ2v) is 12.5. The molecule has 0 aromatic rings. The van der Waals surface area contributed by atoms with E-state index in [0.29, 0.717) is 70.9 Å². The maximum Gasteiger partial charge on any atom is 0.217 e. The van der Waals surface area contributed by atoms with Crippen LogP contribution >= 0.6 is 24.0 Å². The van der Waals surface area contributed by atoms with Gasteiger partial charge >= 0.3 is 0 Å². The number of rotatable bonds is 16. The first kappa shape index (κ1) is 38.8. The molecule has 3 fully saturated rings. The van der Waals surface area contributed by atoms with Crippen molar-refractivity contribution in [3.8, 4) is 5.40 Å². The molecule has 0 spiro atoms. The maximum atomic E-state index is 12.0. The highest BCUT2D eigenvalue weighted by Gasteiger charge is 2.33. The number of hydrogen-bond acceptors (Lipinski definition) is 13. The SMILES string of the molecule is CC(=O)NC12CNCCNCC(NC(=S)NCCCOCCOCCOCCCSC#N)(CNCCNC1)CNCCNC2. The van der Waals surface area contributed by atoms with E-state index >= 15 is 0 Å². The van der Waals surface area contributed by atoms with Gasteiger partial charge in [-0.3, -0.25) is 4.79 Å². The van der Waals surface area contributed by atoms with Gasteiger partial charge in [0.15, 0.2) is 5.11 Å². The fourth-order valence-corrected chi connectivity index (χ4v) is 5.66. The Morgan fingerprint density at radius 3 is 1.57 bits per heavy atom. The van der Waals surface area contributed by atoms with Gasteiger partial charge in [0, 0.05) is 111 Å². The first-order valence-electron chi connectivity index (χ1n) is 15.8. The normalized spacial score (nSPS) is 24.0. The smallest absolute Gasteiger partial charge is 0.217 e. The number of carbonyl (C=O) groups excluding carboxylic acids is 1. The molecule has 3 aliphatic heterocycles. The van der Waals surface area contributed by atoms with Crippen molar-refractivity contribution in [1.82, 2.24) is 47.9 Å². The van der Waals surface area contributed by atoms with Gasteiger partial charge in [-0.25, -0.2) is 0 Å². The second-order valence-electron chi connectivity index (χ2n) is 11.2. The Balaban J connectivity index is 1.72. The van der Waals surface area contributed by atoms with E-state index in [1.54, 1.807) is 6.92 Å². The zero-order valence-electron chi connectivity index (χ0n) is 26.5. The number of nitriles is 1. The van der Waals surface area contributed by atoms with Crippen molar-refractivity contribution in [3.63, 3.8) is 0 Å². The van der Waals surface area contributed by atoms with Crippen LogP contribution in [0.3, 0.4) is 0 Å². The summed E-state index contributed by atoms with van der Waals surface area (Å²) in [6, 6.07) is 0. The van der Waals surface area contributed by atoms with Gasteiger partial charge in [-0.2, -0.15) is 5.26 Å². The van der Waals surface area contributed by atoms with Crippen LogP contribution in [0.1, 0.15) is 19.8 Å². The molecule has 0 unspecified atom stereocenters. The molecule has 3 rings (SSSR count). The lowest BCUT2D eigenvalue weighted by Crippen LogP contribution is -2.68. The van der Waals surface area contributed by atoms with Crippen molar-refractivity contribution in [2.45, 2.75) is 30.8 Å². The average molecular weight is 661 g/mol. The van der Waals surface area contributed by atoms with Crippen LogP contribution in [0, 0.1) is 10.7 Å². The van der Waals surface area contributed by atoms with E-state index in [0.717, 1.165) is 77.5 Å². The average Bonchev–Trinajstić information content (AvgIpc) is 2.99. The summed E-state index contributed by atoms with van der Waals surface area (Å²) in [4.78, 5) is 12.0. The molecule has 2 bridgehead atoms. The molecule has 0 atom stereocenters. The largest absolute Gasteiger partial charge is 0.379 e. The highest BCUT2D eigenvalue weighted by Crippen LogP contribution is 2.05. The number of thiocyanates is 1. The number of ether oxygens (including phenoxy) is 3. The van der Waals surface area contributed by atoms with Gasteiger partial charge < -0.3 is 62.1 Å². The summed E-state index contributed by atoms with van der Waals surface area (Å²) in [5, 5.41) is 42.8. The molecular formula is C28H56N10O4S2. The monoisotopic (exact) mass is 660 g/mol. The van der Waals surface area contributed by atoms with Gasteiger partial charge in [0.25, 0.3) is 0 Å². The molecule has 3 saturated heterocycles. The van der Waals surface area contributed by atoms with Gasteiger partial charge in [-0.15, -0.1) is 0 Å². The topological polar surface area (TPSA) is 177 Å². The van der Waals surface area contributed by atoms with Crippen LogP contribution in [0.2, 0.25) is 0 Å². The van der Waals surface area contributed by atoms with Crippen LogP contribution in [0.5, 0.6) is 0 Å². The van der Waals surface area contributed by atoms with Gasteiger partial charge in [0.2, 0.25) is 5.91 Å². The molecule has 0 radical (unpaired) electrons. The third-order valence-electron chi connectivity index (χ3n) is 7.13. The van der Waals surface area contributed by atoms with Gasteiger partial charge in [-0.05, 0) is 36.8 Å². The predicted molar refractivity (Wildman–Crippen MR) is 180 cm³/mol. The Morgan fingerprint density at radius 2 is 1.14 bits per heavy atom. The fourth-order valence-electron chi connectivity index (χ4n) is 4.99. The van der Waals surface area contributed by atoms with Crippen LogP contribution in [-0.2, 0) is 19.0 Å². The number of nitrogens with zero attached hydrogens (tertiary/aromatic N) is 1. The number of carbonyl (C=O) groups is 1. The summed E-state index contributed by atoms with van der Waals surface area (Å²) >= 11 is 6.97. The van der Waals surface area contributed by atoms with E-state index in [4.69, 9.17) is 31.7 Å². The molecule has 9 N–H and O–H groups in total. The van der Waals surface area contributed by atoms with Crippen molar-refractivity contribution >= 4 is 35.0 Å². The maximum absolute atomic E-state index is 12.0. The van der Waals surface area contributed by atoms with E-state index in [2.05, 4.69) is 53.3 Å². The zero-order valence-corrected chi connectivity index (χ0v) is 28.1. The molecule has 16 heteroatoms. The van der Waals surface area contributed by atoms with Crippen LogP contribution in [-0.4, -0.2) is 153 Å². The second kappa shape index (κ2) is 24.8. The molecule has 14 nitrogen and oxygen atoms in total. The lowest BCUT2D eigenvalue weighted by atomic mass is 9.97. The summed E-state index contributed by atoms with van der Waals surface area (Å²) in [5.41, 5.74) is -0.734. The number of fused-ring (bicyclic) bond motifs is 15. The minimum Gasteiger partial charge on any atom is -0.379 e. The van der Waals surface area contributed by atoms with Crippen LogP contribution in [0.15, 0.2) is 0 Å². The number of nitrogens with one attached hydrogen (secondary N) is 9. The van der Waals surface area contributed by atoms with Crippen LogP contribution < -0.4 is 47.9 Å². The molecule has 3 aliphatic rings. The van der Waals surface area contributed by atoms with Crippen LogP contribution in [0.25, 0.3) is 0 Å². The Hall–Kier alpha value is -1.36. The molecule has 3 heterocycles. The first-order valence-corrected chi connectivity index (χ1v) is 17.2. The molecule has 0 saturated carbocycles. The van der Waals surface area contributed by atoms with Crippen molar-refractivity contribution < 1.29 is 19.0 Å². The number of hydrogen-bond donors (Lipinski definition) is 9. The van der Waals surface area contributed by atoms with Crippen molar-refractivity contribution in [3.05, 3.63) is 0 Å². The van der Waals surface area contributed by atoms with Gasteiger partial charge in [-0.1, -0.05) is 0 Å². The molecule has 0 aromatic heterocycles. The lowest BCUT2D eigenvalue weighted by molar-refractivity contribution is -0.120. The predicted octanol–water partition coefficient (Wildman–Crippen LogP) is -2.33. The molecule has 1 amide bonds. The molecule has 44 heavy (non-hydrogen) atoms. The van der Waals surface area contributed by atoms with E-state index < -0.39 is 5.54 Å². The highest BCUT2D eigenvalue weighted by molar-refractivity contribution is 8.03. The summed E-state index contributed by atoms with van der Waals surface area (Å²) in [6.07, 6.45) is 1.70. The number of amides is 1. The third-order valence-corrected chi connectivity index (χ3v) is 8.00. The van der Waals surface area contributed by atoms with Gasteiger partial charge in [0.05, 0.1) is 37.5 Å². The standard InChI is InChI=1S/C28H56N10O4S2/c1-25(39)37-27-18-30-5-8-33-21-28(22-34-9-6-31-19-27,23-35-10-7-32-20-27)38-26(43)36-4-2-11-40-13-15-42-16-14-41-12-3-17-44-24-29/h30-35H,2-23H2,1H3,(H,37,39)(H2,36,38,43). The molecular weight excluding hydrogens is 605 g/mol. The number of thioether (sulfide) groups is 1. The lowest BCUT2D eigenvalue weighted by Gasteiger charge is -2.39. The number of thiocarbonyl (C=S) groups is 1. The van der Waals surface area contributed by atoms with Crippen molar-refractivity contribution in [2.24, 2.45) is 0 Å². The van der Waals surface area contributed by atoms with E-state index in [9.17, 15) is 4.79 Å². The molecule has 0 aliphatic carbocycles. The third kappa shape index (κ3) is 18.6. The summed E-state index contributed by atoms with van der Waals surface area (Å²) in [7, 11) is 0. The minimum absolute atomic E-state index is 0.0252. The molecule has 0 aromatic carbocycles. The van der Waals surface area contributed by atoms with E-state index in [1.807, 2.05) is 0 Å². The van der Waals surface area contributed by atoms with E-state index in [1.165, 1.54) is 11.8 Å². The quantitative estimate of drug-likeness (QED) is 0.0489. The Bertz CT molecular complexity index is 780. The first-order chi connectivity index (χ1) is 21.5. The van der Waals surface area contributed by atoms with Gasteiger partial charge in [0.1, 0.15) is 5.40 Å². The Morgan fingerprint density at radius 1 is 0.727 bits per heavy atom. The highest BCUT2D eigenvalue weighted by atomic mass is 32.2. The molecule has 254 valence electrons. The fraction of sp³-hybridized carbons (Fsp3) is 0.893. The zero-order chi connectivity index (χ0) is 31.6. The summed E-state index contributed by atoms with van der Waals surface area (Å²) in [5.74, 6) is 0.772. The summed E-state index contributed by atoms with van der Waals surface area (Å²) in [6.45, 7) is 14.6. The minimum atomic E-state index is -0.406.